The summed E-state index contributed by atoms with van der Waals surface area (Å²) in [5.74, 6) is -0.769. The van der Waals surface area contributed by atoms with Crippen molar-refractivity contribution in [2.24, 2.45) is 0 Å². The predicted octanol–water partition coefficient (Wildman–Crippen LogP) is 1.63. The van der Waals surface area contributed by atoms with Gasteiger partial charge < -0.3 is 10.4 Å². The molecule has 3 nitrogen and oxygen atoms in total. The first kappa shape index (κ1) is 8.07. The maximum Gasteiger partial charge on any atom is 0.305 e. The van der Waals surface area contributed by atoms with E-state index in [9.17, 15) is 4.79 Å². The van der Waals surface area contributed by atoms with Crippen molar-refractivity contribution < 1.29 is 9.90 Å². The SMILES string of the molecule is O=C(O)CCNc1cccs1. The quantitative estimate of drug-likeness (QED) is 0.724. The summed E-state index contributed by atoms with van der Waals surface area (Å²) in [6.45, 7) is 0.496. The number of thiophene rings is 1. The number of hydrogen-bond donors (Lipinski definition) is 2. The van der Waals surface area contributed by atoms with Gasteiger partial charge in [-0.25, -0.2) is 0 Å². The average molecular weight is 171 g/mol. The van der Waals surface area contributed by atoms with Gasteiger partial charge >= 0.3 is 5.97 Å². The lowest BCUT2D eigenvalue weighted by Gasteiger charge is -1.98. The zero-order valence-corrected chi connectivity index (χ0v) is 6.73. The Morgan fingerprint density at radius 2 is 2.55 bits per heavy atom. The van der Waals surface area contributed by atoms with Gasteiger partial charge in [0, 0.05) is 6.54 Å². The second-order valence-electron chi connectivity index (χ2n) is 2.05. The molecule has 0 atom stereocenters. The maximum atomic E-state index is 10.1. The normalized spacial score (nSPS) is 9.45. The Morgan fingerprint density at radius 1 is 1.73 bits per heavy atom. The molecule has 0 fully saturated rings. The second-order valence-corrected chi connectivity index (χ2v) is 3.00. The third-order valence-corrected chi connectivity index (χ3v) is 1.99. The van der Waals surface area contributed by atoms with Crippen molar-refractivity contribution in [1.82, 2.24) is 0 Å². The summed E-state index contributed by atoms with van der Waals surface area (Å²) in [6.07, 6.45) is 0.165. The molecular formula is C7H9NO2S. The van der Waals surface area contributed by atoms with Gasteiger partial charge in [-0.05, 0) is 17.5 Å². The molecule has 0 saturated heterocycles. The van der Waals surface area contributed by atoms with Crippen molar-refractivity contribution >= 4 is 22.3 Å². The summed E-state index contributed by atoms with van der Waals surface area (Å²) in [5, 5.41) is 14.3. The standard InChI is InChI=1S/C7H9NO2S/c9-7(10)3-4-8-6-2-1-5-11-6/h1-2,5,8H,3-4H2,(H,9,10). The highest BCUT2D eigenvalue weighted by Crippen LogP contribution is 2.14. The maximum absolute atomic E-state index is 10.1. The summed E-state index contributed by atoms with van der Waals surface area (Å²) < 4.78 is 0. The highest BCUT2D eigenvalue weighted by atomic mass is 32.1. The van der Waals surface area contributed by atoms with Crippen LogP contribution >= 0.6 is 11.3 Å². The van der Waals surface area contributed by atoms with E-state index in [0.29, 0.717) is 6.54 Å². The Hall–Kier alpha value is -1.03. The van der Waals surface area contributed by atoms with Crippen LogP contribution in [0.1, 0.15) is 6.42 Å². The van der Waals surface area contributed by atoms with Gasteiger partial charge in [0.25, 0.3) is 0 Å². The number of carboxylic acids is 1. The Bertz CT molecular complexity index is 220. The van der Waals surface area contributed by atoms with Gasteiger partial charge in [0.2, 0.25) is 0 Å². The molecule has 4 heteroatoms. The number of aliphatic carboxylic acids is 1. The molecule has 0 aromatic carbocycles. The minimum absolute atomic E-state index is 0.165. The molecular weight excluding hydrogens is 162 g/mol. The first-order valence-electron chi connectivity index (χ1n) is 3.28. The van der Waals surface area contributed by atoms with Crippen molar-refractivity contribution in [3.8, 4) is 0 Å². The fourth-order valence-corrected chi connectivity index (χ4v) is 1.32. The van der Waals surface area contributed by atoms with E-state index in [2.05, 4.69) is 5.32 Å². The molecule has 60 valence electrons. The Labute approximate surface area is 68.7 Å². The molecule has 0 spiro atoms. The van der Waals surface area contributed by atoms with Crippen LogP contribution in [-0.2, 0) is 4.79 Å². The van der Waals surface area contributed by atoms with E-state index in [1.165, 1.54) is 0 Å². The molecule has 0 amide bonds. The van der Waals surface area contributed by atoms with Crippen LogP contribution in [0, 0.1) is 0 Å². The molecule has 0 aliphatic carbocycles. The molecule has 2 N–H and O–H groups in total. The molecule has 0 radical (unpaired) electrons. The Balaban J connectivity index is 2.19. The van der Waals surface area contributed by atoms with Gasteiger partial charge in [0.1, 0.15) is 0 Å². The summed E-state index contributed by atoms with van der Waals surface area (Å²) in [6, 6.07) is 3.85. The van der Waals surface area contributed by atoms with E-state index in [4.69, 9.17) is 5.11 Å². The van der Waals surface area contributed by atoms with Crippen molar-refractivity contribution in [2.45, 2.75) is 6.42 Å². The minimum Gasteiger partial charge on any atom is -0.481 e. The molecule has 1 rings (SSSR count). The van der Waals surface area contributed by atoms with E-state index >= 15 is 0 Å². The molecule has 0 saturated carbocycles. The molecule has 1 aromatic rings. The number of hydrogen-bond acceptors (Lipinski definition) is 3. The van der Waals surface area contributed by atoms with Gasteiger partial charge in [-0.1, -0.05) is 0 Å². The third-order valence-electron chi connectivity index (χ3n) is 1.16. The van der Waals surface area contributed by atoms with E-state index in [1.54, 1.807) is 11.3 Å². The fraction of sp³-hybridized carbons (Fsp3) is 0.286. The van der Waals surface area contributed by atoms with Crippen LogP contribution in [0.25, 0.3) is 0 Å². The molecule has 0 bridgehead atoms. The van der Waals surface area contributed by atoms with Gasteiger partial charge in [-0.15, -0.1) is 11.3 Å². The van der Waals surface area contributed by atoms with Gasteiger partial charge in [-0.3, -0.25) is 4.79 Å². The molecule has 0 unspecified atom stereocenters. The monoisotopic (exact) mass is 171 g/mol. The average Bonchev–Trinajstić information content (AvgIpc) is 2.39. The second kappa shape index (κ2) is 3.98. The molecule has 0 aliphatic rings. The van der Waals surface area contributed by atoms with Crippen LogP contribution in [0.5, 0.6) is 0 Å². The van der Waals surface area contributed by atoms with Crippen molar-refractivity contribution in [1.29, 1.82) is 0 Å². The Kier molecular flexibility index (Phi) is 2.92. The first-order valence-corrected chi connectivity index (χ1v) is 4.16. The summed E-state index contributed by atoms with van der Waals surface area (Å²) in [5.41, 5.74) is 0. The van der Waals surface area contributed by atoms with E-state index in [0.717, 1.165) is 5.00 Å². The van der Waals surface area contributed by atoms with Crippen molar-refractivity contribution in [2.75, 3.05) is 11.9 Å². The number of carbonyl (C=O) groups is 1. The molecule has 0 aliphatic heterocycles. The smallest absolute Gasteiger partial charge is 0.305 e. The third kappa shape index (κ3) is 3.04. The number of anilines is 1. The van der Waals surface area contributed by atoms with Gasteiger partial charge in [-0.2, -0.15) is 0 Å². The highest BCUT2D eigenvalue weighted by molar-refractivity contribution is 7.14. The van der Waals surface area contributed by atoms with Crippen LogP contribution in [0.3, 0.4) is 0 Å². The van der Waals surface area contributed by atoms with Crippen molar-refractivity contribution in [3.05, 3.63) is 17.5 Å². The predicted molar refractivity (Wildman–Crippen MR) is 45.1 cm³/mol. The van der Waals surface area contributed by atoms with E-state index in [1.807, 2.05) is 17.5 Å². The fourth-order valence-electron chi connectivity index (χ4n) is 0.672. The van der Waals surface area contributed by atoms with Crippen molar-refractivity contribution in [3.63, 3.8) is 0 Å². The number of carboxylic acid groups (broad SMARTS) is 1. The topological polar surface area (TPSA) is 49.3 Å². The zero-order chi connectivity index (χ0) is 8.10. The minimum atomic E-state index is -0.769. The zero-order valence-electron chi connectivity index (χ0n) is 5.91. The van der Waals surface area contributed by atoms with Crippen LogP contribution in [0.2, 0.25) is 0 Å². The first-order chi connectivity index (χ1) is 5.29. The largest absolute Gasteiger partial charge is 0.481 e. The molecule has 11 heavy (non-hydrogen) atoms. The summed E-state index contributed by atoms with van der Waals surface area (Å²) in [4.78, 5) is 10.1. The lowest BCUT2D eigenvalue weighted by molar-refractivity contribution is -0.136. The lowest BCUT2D eigenvalue weighted by atomic mass is 10.4. The molecule has 1 heterocycles. The van der Waals surface area contributed by atoms with Crippen LogP contribution in [0.4, 0.5) is 5.00 Å². The van der Waals surface area contributed by atoms with Crippen LogP contribution in [0.15, 0.2) is 17.5 Å². The molecule has 1 aromatic heterocycles. The van der Waals surface area contributed by atoms with E-state index in [-0.39, 0.29) is 6.42 Å². The number of nitrogens with one attached hydrogen (secondary N) is 1. The van der Waals surface area contributed by atoms with Gasteiger partial charge in [0.15, 0.2) is 0 Å². The Morgan fingerprint density at radius 3 is 3.09 bits per heavy atom. The number of rotatable bonds is 4. The van der Waals surface area contributed by atoms with Gasteiger partial charge in [0.05, 0.1) is 11.4 Å². The summed E-state index contributed by atoms with van der Waals surface area (Å²) in [7, 11) is 0. The van der Waals surface area contributed by atoms with E-state index < -0.39 is 5.97 Å². The van der Waals surface area contributed by atoms with Crippen LogP contribution < -0.4 is 5.32 Å². The highest BCUT2D eigenvalue weighted by Gasteiger charge is 1.95. The lowest BCUT2D eigenvalue weighted by Crippen LogP contribution is -2.06. The summed E-state index contributed by atoms with van der Waals surface area (Å²) >= 11 is 1.57. The van der Waals surface area contributed by atoms with Crippen LogP contribution in [-0.4, -0.2) is 17.6 Å².